The third-order valence-corrected chi connectivity index (χ3v) is 5.07. The topological polar surface area (TPSA) is 27.6 Å². The first-order chi connectivity index (χ1) is 9.70. The number of hydrogen-bond donors (Lipinski definition) is 1. The molecule has 1 N–H and O–H groups in total. The first-order valence-electron chi connectivity index (χ1n) is 7.77. The fourth-order valence-electron chi connectivity index (χ4n) is 2.53. The number of hydrogen-bond acceptors (Lipinski definition) is 2. The van der Waals surface area contributed by atoms with Crippen molar-refractivity contribution in [3.63, 3.8) is 0 Å². The minimum atomic E-state index is 0.507. The number of piperidine rings is 1. The summed E-state index contributed by atoms with van der Waals surface area (Å²) in [5.41, 5.74) is 0. The van der Waals surface area contributed by atoms with Gasteiger partial charge in [0.15, 0.2) is 5.96 Å². The van der Waals surface area contributed by atoms with E-state index in [0.717, 1.165) is 38.1 Å². The van der Waals surface area contributed by atoms with Crippen LogP contribution >= 0.6 is 11.3 Å². The van der Waals surface area contributed by atoms with E-state index in [1.807, 2.05) is 11.3 Å². The Morgan fingerprint density at radius 2 is 2.25 bits per heavy atom. The highest BCUT2D eigenvalue weighted by molar-refractivity contribution is 7.10. The summed E-state index contributed by atoms with van der Waals surface area (Å²) in [5, 5.41) is 5.59. The lowest BCUT2D eigenvalue weighted by Gasteiger charge is -2.33. The highest BCUT2D eigenvalue weighted by Gasteiger charge is 2.18. The van der Waals surface area contributed by atoms with Crippen molar-refractivity contribution < 1.29 is 0 Å². The van der Waals surface area contributed by atoms with Crippen LogP contribution in [0.15, 0.2) is 22.5 Å². The Balaban J connectivity index is 1.95. The van der Waals surface area contributed by atoms with Gasteiger partial charge in [-0.1, -0.05) is 19.9 Å². The predicted molar refractivity (Wildman–Crippen MR) is 88.7 cm³/mol. The molecule has 112 valence electrons. The molecule has 1 aliphatic rings. The van der Waals surface area contributed by atoms with Gasteiger partial charge < -0.3 is 10.2 Å². The molecule has 1 aliphatic heterocycles. The maximum atomic E-state index is 4.86. The number of likely N-dealkylation sites (tertiary alicyclic amines) is 1. The molecule has 2 rings (SSSR count). The highest BCUT2D eigenvalue weighted by atomic mass is 32.1. The van der Waals surface area contributed by atoms with Crippen molar-refractivity contribution in [3.8, 4) is 0 Å². The number of thiophene rings is 1. The van der Waals surface area contributed by atoms with E-state index in [0.29, 0.717) is 5.92 Å². The molecule has 1 saturated heterocycles. The molecule has 0 aliphatic carbocycles. The van der Waals surface area contributed by atoms with Crippen LogP contribution in [-0.2, 0) is 0 Å². The minimum absolute atomic E-state index is 0.507. The Morgan fingerprint density at radius 3 is 2.85 bits per heavy atom. The Bertz CT molecular complexity index is 405. The van der Waals surface area contributed by atoms with E-state index in [-0.39, 0.29) is 0 Å². The van der Waals surface area contributed by atoms with Crippen molar-refractivity contribution in [1.29, 1.82) is 0 Å². The normalized spacial score (nSPS) is 19.1. The van der Waals surface area contributed by atoms with Gasteiger partial charge in [0.2, 0.25) is 0 Å². The van der Waals surface area contributed by atoms with E-state index in [4.69, 9.17) is 4.99 Å². The van der Waals surface area contributed by atoms with E-state index in [1.165, 1.54) is 17.7 Å². The number of nitrogens with zero attached hydrogens (tertiary/aromatic N) is 2. The standard InChI is InChI=1S/C16H27N3S/c1-4-17-16(19-9-7-13(2)8-10-19)18-12-14(3)15-6-5-11-20-15/h5-6,11,13-14H,4,7-10,12H2,1-3H3,(H,17,18). The molecule has 0 amide bonds. The van der Waals surface area contributed by atoms with Gasteiger partial charge in [-0.2, -0.15) is 0 Å². The summed E-state index contributed by atoms with van der Waals surface area (Å²) in [6.45, 7) is 10.8. The molecule has 1 unspecified atom stereocenters. The van der Waals surface area contributed by atoms with Crippen LogP contribution in [0.4, 0.5) is 0 Å². The quantitative estimate of drug-likeness (QED) is 0.679. The second kappa shape index (κ2) is 7.67. The molecule has 1 aromatic rings. The number of guanidine groups is 1. The van der Waals surface area contributed by atoms with Crippen LogP contribution in [0.3, 0.4) is 0 Å². The molecule has 3 nitrogen and oxygen atoms in total. The fourth-order valence-corrected chi connectivity index (χ4v) is 3.31. The van der Waals surface area contributed by atoms with E-state index in [9.17, 15) is 0 Å². The Labute approximate surface area is 127 Å². The van der Waals surface area contributed by atoms with Crippen molar-refractivity contribution >= 4 is 17.3 Å². The molecule has 1 fully saturated rings. The maximum Gasteiger partial charge on any atom is 0.193 e. The summed E-state index contributed by atoms with van der Waals surface area (Å²) in [5.74, 6) is 2.47. The second-order valence-corrected chi connectivity index (χ2v) is 6.76. The lowest BCUT2D eigenvalue weighted by molar-refractivity contribution is 0.273. The van der Waals surface area contributed by atoms with E-state index >= 15 is 0 Å². The summed E-state index contributed by atoms with van der Waals surface area (Å²) in [7, 11) is 0. The van der Waals surface area contributed by atoms with Gasteiger partial charge in [-0.3, -0.25) is 4.99 Å². The highest BCUT2D eigenvalue weighted by Crippen LogP contribution is 2.21. The lowest BCUT2D eigenvalue weighted by atomic mass is 9.99. The molecule has 0 saturated carbocycles. The van der Waals surface area contributed by atoms with E-state index < -0.39 is 0 Å². The van der Waals surface area contributed by atoms with Crippen molar-refractivity contribution in [2.75, 3.05) is 26.2 Å². The fraction of sp³-hybridized carbons (Fsp3) is 0.688. The van der Waals surface area contributed by atoms with Gasteiger partial charge in [0.1, 0.15) is 0 Å². The van der Waals surface area contributed by atoms with Gasteiger partial charge in [-0.05, 0) is 37.1 Å². The monoisotopic (exact) mass is 293 g/mol. The molecule has 0 aromatic carbocycles. The lowest BCUT2D eigenvalue weighted by Crippen LogP contribution is -2.45. The average molecular weight is 293 g/mol. The van der Waals surface area contributed by atoms with Crippen LogP contribution in [0.1, 0.15) is 44.4 Å². The average Bonchev–Trinajstić information content (AvgIpc) is 2.98. The maximum absolute atomic E-state index is 4.86. The zero-order chi connectivity index (χ0) is 14.4. The number of aliphatic imine (C=N–C) groups is 1. The summed E-state index contributed by atoms with van der Waals surface area (Å²) in [6, 6.07) is 4.33. The van der Waals surface area contributed by atoms with E-state index in [2.05, 4.69) is 48.5 Å². The van der Waals surface area contributed by atoms with Gasteiger partial charge in [0, 0.05) is 30.4 Å². The summed E-state index contributed by atoms with van der Waals surface area (Å²) >= 11 is 1.83. The van der Waals surface area contributed by atoms with Gasteiger partial charge in [-0.15, -0.1) is 11.3 Å². The van der Waals surface area contributed by atoms with Gasteiger partial charge >= 0.3 is 0 Å². The number of nitrogens with one attached hydrogen (secondary N) is 1. The number of rotatable bonds is 4. The molecule has 2 heterocycles. The Morgan fingerprint density at radius 1 is 1.50 bits per heavy atom. The van der Waals surface area contributed by atoms with Crippen LogP contribution in [0.2, 0.25) is 0 Å². The van der Waals surface area contributed by atoms with E-state index in [1.54, 1.807) is 0 Å². The van der Waals surface area contributed by atoms with Crippen molar-refractivity contribution in [1.82, 2.24) is 10.2 Å². The molecule has 20 heavy (non-hydrogen) atoms. The molecule has 0 radical (unpaired) electrons. The molecular formula is C16H27N3S. The second-order valence-electron chi connectivity index (χ2n) is 5.78. The van der Waals surface area contributed by atoms with Crippen molar-refractivity contribution in [3.05, 3.63) is 22.4 Å². The van der Waals surface area contributed by atoms with Crippen LogP contribution in [0.5, 0.6) is 0 Å². The van der Waals surface area contributed by atoms with Gasteiger partial charge in [-0.25, -0.2) is 0 Å². The molecule has 0 bridgehead atoms. The third-order valence-electron chi connectivity index (χ3n) is 3.96. The van der Waals surface area contributed by atoms with Crippen LogP contribution in [-0.4, -0.2) is 37.0 Å². The van der Waals surface area contributed by atoms with Crippen LogP contribution in [0.25, 0.3) is 0 Å². The third kappa shape index (κ3) is 4.23. The molecule has 0 spiro atoms. The Kier molecular flexibility index (Phi) is 5.89. The molecule has 4 heteroatoms. The molecule has 1 aromatic heterocycles. The minimum Gasteiger partial charge on any atom is -0.357 e. The summed E-state index contributed by atoms with van der Waals surface area (Å²) in [4.78, 5) is 8.71. The zero-order valence-electron chi connectivity index (χ0n) is 12.9. The largest absolute Gasteiger partial charge is 0.357 e. The van der Waals surface area contributed by atoms with Gasteiger partial charge in [0.25, 0.3) is 0 Å². The Hall–Kier alpha value is -1.03. The smallest absolute Gasteiger partial charge is 0.193 e. The van der Waals surface area contributed by atoms with Crippen LogP contribution in [0, 0.1) is 5.92 Å². The van der Waals surface area contributed by atoms with Crippen LogP contribution < -0.4 is 5.32 Å². The molecule has 1 atom stereocenters. The first kappa shape index (κ1) is 15.4. The van der Waals surface area contributed by atoms with Crippen molar-refractivity contribution in [2.45, 2.75) is 39.5 Å². The predicted octanol–water partition coefficient (Wildman–Crippen LogP) is 3.55. The SMILES string of the molecule is CCNC(=NCC(C)c1cccs1)N1CCC(C)CC1. The zero-order valence-corrected chi connectivity index (χ0v) is 13.7. The first-order valence-corrected chi connectivity index (χ1v) is 8.65. The van der Waals surface area contributed by atoms with Gasteiger partial charge in [0.05, 0.1) is 6.54 Å². The summed E-state index contributed by atoms with van der Waals surface area (Å²) in [6.07, 6.45) is 2.57. The molecular weight excluding hydrogens is 266 g/mol. The summed E-state index contributed by atoms with van der Waals surface area (Å²) < 4.78 is 0. The van der Waals surface area contributed by atoms with Crippen molar-refractivity contribution in [2.24, 2.45) is 10.9 Å².